The first-order chi connectivity index (χ1) is 15.6. The minimum atomic E-state index is -0.318. The lowest BCUT2D eigenvalue weighted by Crippen LogP contribution is -2.13. The largest absolute Gasteiger partial charge is 0.320 e. The van der Waals surface area contributed by atoms with E-state index < -0.39 is 0 Å². The van der Waals surface area contributed by atoms with Crippen LogP contribution in [0.2, 0.25) is 5.02 Å². The summed E-state index contributed by atoms with van der Waals surface area (Å²) in [5, 5.41) is 8.08. The van der Waals surface area contributed by atoms with E-state index in [1.54, 1.807) is 22.7 Å². The first-order valence-corrected chi connectivity index (χ1v) is 10.6. The van der Waals surface area contributed by atoms with E-state index in [4.69, 9.17) is 16.6 Å². The lowest BCUT2D eigenvalue weighted by Gasteiger charge is -2.09. The smallest absolute Gasteiger partial charge is 0.276 e. The monoisotopic (exact) mass is 438 g/mol. The Morgan fingerprint density at radius 2 is 1.56 bits per heavy atom. The Kier molecular flexibility index (Phi) is 5.17. The van der Waals surface area contributed by atoms with E-state index in [0.29, 0.717) is 16.4 Å². The van der Waals surface area contributed by atoms with Crippen LogP contribution in [-0.2, 0) is 0 Å². The van der Waals surface area contributed by atoms with Crippen molar-refractivity contribution in [1.82, 2.24) is 14.6 Å². The van der Waals surface area contributed by atoms with Crippen molar-refractivity contribution >= 4 is 28.8 Å². The molecule has 32 heavy (non-hydrogen) atoms. The Morgan fingerprint density at radius 3 is 2.28 bits per heavy atom. The van der Waals surface area contributed by atoms with Gasteiger partial charge in [0.25, 0.3) is 5.91 Å². The number of aromatic nitrogens is 3. The molecule has 0 aliphatic heterocycles. The molecule has 156 valence electrons. The number of fused-ring (bicyclic) bond motifs is 1. The van der Waals surface area contributed by atoms with Gasteiger partial charge in [0.05, 0.1) is 11.4 Å². The van der Waals surface area contributed by atoms with Crippen molar-refractivity contribution in [3.05, 3.63) is 107 Å². The van der Waals surface area contributed by atoms with Gasteiger partial charge in [-0.05, 0) is 30.7 Å². The molecular weight excluding hydrogens is 420 g/mol. The van der Waals surface area contributed by atoms with Crippen LogP contribution in [0.25, 0.3) is 28.2 Å². The van der Waals surface area contributed by atoms with E-state index in [2.05, 4.69) is 10.4 Å². The van der Waals surface area contributed by atoms with Crippen LogP contribution >= 0.6 is 11.6 Å². The van der Waals surface area contributed by atoms with Gasteiger partial charge in [-0.25, -0.2) is 9.50 Å². The highest BCUT2D eigenvalue weighted by molar-refractivity contribution is 6.31. The van der Waals surface area contributed by atoms with Gasteiger partial charge in [-0.2, -0.15) is 5.10 Å². The van der Waals surface area contributed by atoms with Crippen LogP contribution in [0.3, 0.4) is 0 Å². The minimum Gasteiger partial charge on any atom is -0.320 e. The number of carbonyl (C=O) groups is 1. The molecule has 6 heteroatoms. The Hall–Kier alpha value is -3.96. The molecule has 0 unspecified atom stereocenters. The zero-order chi connectivity index (χ0) is 22.1. The van der Waals surface area contributed by atoms with Crippen LogP contribution in [0.1, 0.15) is 16.1 Å². The van der Waals surface area contributed by atoms with Gasteiger partial charge in [-0.1, -0.05) is 78.3 Å². The maximum absolute atomic E-state index is 13.0. The van der Waals surface area contributed by atoms with Crippen molar-refractivity contribution in [2.45, 2.75) is 6.92 Å². The molecule has 2 aromatic heterocycles. The molecule has 5 aromatic rings. The number of anilines is 1. The second-order valence-electron chi connectivity index (χ2n) is 7.42. The third-order valence-electron chi connectivity index (χ3n) is 5.31. The molecule has 1 N–H and O–H groups in total. The number of rotatable bonds is 4. The molecule has 3 aromatic carbocycles. The van der Waals surface area contributed by atoms with Gasteiger partial charge < -0.3 is 5.32 Å². The molecule has 2 heterocycles. The third-order valence-corrected chi connectivity index (χ3v) is 5.72. The highest BCUT2D eigenvalue weighted by Crippen LogP contribution is 2.27. The van der Waals surface area contributed by atoms with E-state index in [1.807, 2.05) is 79.7 Å². The number of nitrogens with zero attached hydrogens (tertiary/aromatic N) is 3. The van der Waals surface area contributed by atoms with Crippen molar-refractivity contribution in [2.75, 3.05) is 5.32 Å². The van der Waals surface area contributed by atoms with Crippen LogP contribution in [0.15, 0.2) is 91.0 Å². The summed E-state index contributed by atoms with van der Waals surface area (Å²) in [6.45, 7) is 1.86. The van der Waals surface area contributed by atoms with Crippen molar-refractivity contribution in [2.24, 2.45) is 0 Å². The Morgan fingerprint density at radius 1 is 0.875 bits per heavy atom. The number of amides is 1. The van der Waals surface area contributed by atoms with Crippen LogP contribution in [0.5, 0.6) is 0 Å². The first kappa shape index (κ1) is 20.0. The number of carbonyl (C=O) groups excluding carboxylic acids is 1. The first-order valence-electron chi connectivity index (χ1n) is 10.2. The van der Waals surface area contributed by atoms with Gasteiger partial charge in [0.15, 0.2) is 11.3 Å². The van der Waals surface area contributed by atoms with E-state index in [0.717, 1.165) is 28.1 Å². The predicted octanol–water partition coefficient (Wildman–Crippen LogP) is 6.28. The maximum atomic E-state index is 13.0. The van der Waals surface area contributed by atoms with E-state index in [-0.39, 0.29) is 11.6 Å². The quantitative estimate of drug-likeness (QED) is 0.359. The van der Waals surface area contributed by atoms with Gasteiger partial charge in [0.2, 0.25) is 0 Å². The molecule has 0 saturated heterocycles. The molecule has 0 spiro atoms. The molecular formula is C26H19ClN4O. The Labute approximate surface area is 190 Å². The maximum Gasteiger partial charge on any atom is 0.276 e. The molecule has 0 bridgehead atoms. The molecule has 1 amide bonds. The van der Waals surface area contributed by atoms with Gasteiger partial charge in [-0.3, -0.25) is 4.79 Å². The number of halogens is 1. The fourth-order valence-electron chi connectivity index (χ4n) is 3.59. The molecule has 0 atom stereocenters. The molecule has 0 fully saturated rings. The standard InChI is InChI=1S/C26H19ClN4O/c1-17-20(27)13-8-14-21(17)29-26(32)23-16-25-28-22(18-9-4-2-5-10-18)15-24(31(25)30-23)19-11-6-3-7-12-19/h2-16H,1H3,(H,29,32). The molecule has 0 saturated carbocycles. The van der Waals surface area contributed by atoms with Gasteiger partial charge in [0.1, 0.15) is 0 Å². The predicted molar refractivity (Wildman–Crippen MR) is 128 cm³/mol. The highest BCUT2D eigenvalue weighted by atomic mass is 35.5. The van der Waals surface area contributed by atoms with Crippen LogP contribution in [0, 0.1) is 6.92 Å². The van der Waals surface area contributed by atoms with Gasteiger partial charge in [0, 0.05) is 27.9 Å². The third kappa shape index (κ3) is 3.74. The average molecular weight is 439 g/mol. The lowest BCUT2D eigenvalue weighted by atomic mass is 10.1. The van der Waals surface area contributed by atoms with Crippen molar-refractivity contribution in [3.8, 4) is 22.5 Å². The zero-order valence-corrected chi connectivity index (χ0v) is 18.0. The molecule has 0 radical (unpaired) electrons. The number of hydrogen-bond acceptors (Lipinski definition) is 3. The molecule has 0 aliphatic carbocycles. The minimum absolute atomic E-state index is 0.277. The summed E-state index contributed by atoms with van der Waals surface area (Å²) in [4.78, 5) is 17.8. The number of nitrogens with one attached hydrogen (secondary N) is 1. The van der Waals surface area contributed by atoms with Gasteiger partial charge >= 0.3 is 0 Å². The van der Waals surface area contributed by atoms with Crippen molar-refractivity contribution in [3.63, 3.8) is 0 Å². The van der Waals surface area contributed by atoms with Crippen LogP contribution < -0.4 is 5.32 Å². The van der Waals surface area contributed by atoms with Crippen LogP contribution in [0.4, 0.5) is 5.69 Å². The summed E-state index contributed by atoms with van der Waals surface area (Å²) in [5.41, 5.74) is 5.98. The summed E-state index contributed by atoms with van der Waals surface area (Å²) >= 11 is 6.19. The second kappa shape index (κ2) is 8.29. The second-order valence-corrected chi connectivity index (χ2v) is 7.83. The van der Waals surface area contributed by atoms with Crippen molar-refractivity contribution < 1.29 is 4.79 Å². The molecule has 0 aliphatic rings. The number of benzene rings is 3. The fraction of sp³-hybridized carbons (Fsp3) is 0.0385. The van der Waals surface area contributed by atoms with E-state index >= 15 is 0 Å². The topological polar surface area (TPSA) is 59.3 Å². The SMILES string of the molecule is Cc1c(Cl)cccc1NC(=O)c1cc2nc(-c3ccccc3)cc(-c3ccccc3)n2n1. The number of hydrogen-bond donors (Lipinski definition) is 1. The average Bonchev–Trinajstić information content (AvgIpc) is 3.27. The summed E-state index contributed by atoms with van der Waals surface area (Å²) in [7, 11) is 0. The summed E-state index contributed by atoms with van der Waals surface area (Å²) < 4.78 is 1.71. The highest BCUT2D eigenvalue weighted by Gasteiger charge is 2.17. The summed E-state index contributed by atoms with van der Waals surface area (Å²) in [5.74, 6) is -0.318. The van der Waals surface area contributed by atoms with E-state index in [1.165, 1.54) is 0 Å². The van der Waals surface area contributed by atoms with Crippen molar-refractivity contribution in [1.29, 1.82) is 0 Å². The molecule has 5 nitrogen and oxygen atoms in total. The molecule has 5 rings (SSSR count). The van der Waals surface area contributed by atoms with E-state index in [9.17, 15) is 4.79 Å². The normalized spacial score (nSPS) is 10.9. The Bertz CT molecular complexity index is 1430. The zero-order valence-electron chi connectivity index (χ0n) is 17.3. The summed E-state index contributed by atoms with van der Waals surface area (Å²) in [6, 6.07) is 29.0. The Balaban J connectivity index is 1.62. The lowest BCUT2D eigenvalue weighted by molar-refractivity contribution is 0.102. The van der Waals surface area contributed by atoms with Gasteiger partial charge in [-0.15, -0.1) is 0 Å². The van der Waals surface area contributed by atoms with Crippen LogP contribution in [-0.4, -0.2) is 20.5 Å². The summed E-state index contributed by atoms with van der Waals surface area (Å²) in [6.07, 6.45) is 0. The fourth-order valence-corrected chi connectivity index (χ4v) is 3.76.